The third-order valence-electron chi connectivity index (χ3n) is 6.38. The molecule has 1 aliphatic rings. The number of hydrogen-bond donors (Lipinski definition) is 0. The molecule has 0 N–H and O–H groups in total. The molecule has 168 valence electrons. The smallest absolute Gasteiger partial charge is 0.282 e. The molecule has 32 heavy (non-hydrogen) atoms. The summed E-state index contributed by atoms with van der Waals surface area (Å²) in [6, 6.07) is 11.8. The van der Waals surface area contributed by atoms with Gasteiger partial charge in [-0.15, -0.1) is 0 Å². The molecule has 1 aliphatic carbocycles. The SMILES string of the molecule is CCOc1cc(C)c(C=Nn2c(C3CCCCC3)nc3ccccc3c2=O)cc1C(C)C. The maximum Gasteiger partial charge on any atom is 0.282 e. The number of para-hydroxylation sites is 1. The molecular weight excluding hydrogens is 398 g/mol. The van der Waals surface area contributed by atoms with Crippen LogP contribution in [0.2, 0.25) is 0 Å². The Balaban J connectivity index is 1.82. The Labute approximate surface area is 190 Å². The number of nitrogens with zero attached hydrogens (tertiary/aromatic N) is 3. The zero-order valence-electron chi connectivity index (χ0n) is 19.6. The lowest BCUT2D eigenvalue weighted by Gasteiger charge is -2.22. The molecule has 0 radical (unpaired) electrons. The highest BCUT2D eigenvalue weighted by molar-refractivity contribution is 5.83. The molecule has 1 aromatic heterocycles. The van der Waals surface area contributed by atoms with Gasteiger partial charge in [0, 0.05) is 5.92 Å². The van der Waals surface area contributed by atoms with E-state index in [4.69, 9.17) is 14.8 Å². The van der Waals surface area contributed by atoms with E-state index in [2.05, 4.69) is 32.9 Å². The molecule has 5 heteroatoms. The van der Waals surface area contributed by atoms with Gasteiger partial charge in [-0.2, -0.15) is 9.78 Å². The van der Waals surface area contributed by atoms with E-state index in [1.807, 2.05) is 31.2 Å². The number of benzene rings is 2. The van der Waals surface area contributed by atoms with Gasteiger partial charge < -0.3 is 4.74 Å². The molecular formula is C27H33N3O2. The topological polar surface area (TPSA) is 56.5 Å². The Bertz CT molecular complexity index is 1190. The Morgan fingerprint density at radius 1 is 1.19 bits per heavy atom. The maximum absolute atomic E-state index is 13.4. The molecule has 0 saturated heterocycles. The molecule has 2 aromatic carbocycles. The monoisotopic (exact) mass is 431 g/mol. The summed E-state index contributed by atoms with van der Waals surface area (Å²) in [5.74, 6) is 2.31. The predicted molar refractivity (Wildman–Crippen MR) is 131 cm³/mol. The zero-order chi connectivity index (χ0) is 22.7. The summed E-state index contributed by atoms with van der Waals surface area (Å²) >= 11 is 0. The highest BCUT2D eigenvalue weighted by Gasteiger charge is 2.22. The van der Waals surface area contributed by atoms with E-state index in [1.54, 1.807) is 10.9 Å². The first-order chi connectivity index (χ1) is 15.5. The van der Waals surface area contributed by atoms with Crippen LogP contribution < -0.4 is 10.3 Å². The second-order valence-electron chi connectivity index (χ2n) is 9.02. The molecule has 0 spiro atoms. The van der Waals surface area contributed by atoms with E-state index in [0.717, 1.165) is 46.6 Å². The van der Waals surface area contributed by atoms with Crippen LogP contribution in [0.5, 0.6) is 5.75 Å². The fraction of sp³-hybridized carbons (Fsp3) is 0.444. The Kier molecular flexibility index (Phi) is 6.73. The van der Waals surface area contributed by atoms with Crippen molar-refractivity contribution in [1.29, 1.82) is 0 Å². The number of hydrogen-bond acceptors (Lipinski definition) is 4. The van der Waals surface area contributed by atoms with Crippen LogP contribution in [0.1, 0.15) is 87.2 Å². The lowest BCUT2D eigenvalue weighted by molar-refractivity contribution is 0.335. The van der Waals surface area contributed by atoms with E-state index in [-0.39, 0.29) is 11.5 Å². The summed E-state index contributed by atoms with van der Waals surface area (Å²) in [7, 11) is 0. The average molecular weight is 432 g/mol. The van der Waals surface area contributed by atoms with Crippen molar-refractivity contribution in [2.75, 3.05) is 6.61 Å². The second kappa shape index (κ2) is 9.68. The minimum Gasteiger partial charge on any atom is -0.494 e. The van der Waals surface area contributed by atoms with E-state index in [9.17, 15) is 4.79 Å². The third kappa shape index (κ3) is 4.47. The van der Waals surface area contributed by atoms with Gasteiger partial charge in [0.05, 0.1) is 23.7 Å². The summed E-state index contributed by atoms with van der Waals surface area (Å²) < 4.78 is 7.40. The lowest BCUT2D eigenvalue weighted by atomic mass is 9.88. The van der Waals surface area contributed by atoms with Gasteiger partial charge in [0.2, 0.25) is 0 Å². The molecule has 5 nitrogen and oxygen atoms in total. The largest absolute Gasteiger partial charge is 0.494 e. The Morgan fingerprint density at radius 2 is 1.94 bits per heavy atom. The van der Waals surface area contributed by atoms with Crippen molar-refractivity contribution in [1.82, 2.24) is 9.66 Å². The first-order valence-corrected chi connectivity index (χ1v) is 11.8. The van der Waals surface area contributed by atoms with Crippen LogP contribution in [0.4, 0.5) is 0 Å². The predicted octanol–water partition coefficient (Wildman–Crippen LogP) is 6.16. The number of aromatic nitrogens is 2. The van der Waals surface area contributed by atoms with Gasteiger partial charge in [-0.25, -0.2) is 4.98 Å². The van der Waals surface area contributed by atoms with E-state index in [0.29, 0.717) is 17.9 Å². The minimum absolute atomic E-state index is 0.0971. The van der Waals surface area contributed by atoms with E-state index < -0.39 is 0 Å². The highest BCUT2D eigenvalue weighted by Crippen LogP contribution is 2.32. The molecule has 0 atom stereocenters. The van der Waals surface area contributed by atoms with Gasteiger partial charge in [-0.1, -0.05) is 45.2 Å². The van der Waals surface area contributed by atoms with Gasteiger partial charge in [0.1, 0.15) is 11.6 Å². The van der Waals surface area contributed by atoms with Gasteiger partial charge in [-0.05, 0) is 73.6 Å². The van der Waals surface area contributed by atoms with Crippen LogP contribution in [0, 0.1) is 6.92 Å². The van der Waals surface area contributed by atoms with Crippen molar-refractivity contribution in [3.8, 4) is 5.75 Å². The van der Waals surface area contributed by atoms with Crippen LogP contribution in [-0.2, 0) is 0 Å². The molecule has 1 saturated carbocycles. The van der Waals surface area contributed by atoms with Crippen molar-refractivity contribution in [3.05, 3.63) is 69.3 Å². The second-order valence-corrected chi connectivity index (χ2v) is 9.02. The van der Waals surface area contributed by atoms with Crippen molar-refractivity contribution in [2.24, 2.45) is 5.10 Å². The number of rotatable bonds is 6. The van der Waals surface area contributed by atoms with Crippen LogP contribution in [0.15, 0.2) is 46.3 Å². The molecule has 1 fully saturated rings. The standard InChI is InChI=1S/C27H33N3O2/c1-5-32-25-15-19(4)21(16-23(25)18(2)3)17-28-30-26(20-11-7-6-8-12-20)29-24-14-10-9-13-22(24)27(30)31/h9-10,13-18,20H,5-8,11-12H2,1-4H3. The summed E-state index contributed by atoms with van der Waals surface area (Å²) in [6.45, 7) is 9.01. The van der Waals surface area contributed by atoms with E-state index in [1.165, 1.54) is 19.3 Å². The summed E-state index contributed by atoms with van der Waals surface area (Å²) in [5.41, 5.74) is 3.87. The Hall–Kier alpha value is -2.95. The van der Waals surface area contributed by atoms with Crippen LogP contribution in [0.3, 0.4) is 0 Å². The highest BCUT2D eigenvalue weighted by atomic mass is 16.5. The van der Waals surface area contributed by atoms with Gasteiger partial charge in [0.25, 0.3) is 5.56 Å². The molecule has 0 bridgehead atoms. The van der Waals surface area contributed by atoms with Crippen molar-refractivity contribution in [3.63, 3.8) is 0 Å². The van der Waals surface area contributed by atoms with Crippen molar-refractivity contribution in [2.45, 2.75) is 71.6 Å². The minimum atomic E-state index is -0.0971. The normalized spacial score (nSPS) is 15.2. The molecule has 4 rings (SSSR count). The first kappa shape index (κ1) is 22.3. The quantitative estimate of drug-likeness (QED) is 0.439. The molecule has 1 heterocycles. The Morgan fingerprint density at radius 3 is 2.66 bits per heavy atom. The molecule has 0 aliphatic heterocycles. The first-order valence-electron chi connectivity index (χ1n) is 11.8. The fourth-order valence-electron chi connectivity index (χ4n) is 4.58. The zero-order valence-corrected chi connectivity index (χ0v) is 19.6. The molecule has 3 aromatic rings. The van der Waals surface area contributed by atoms with Gasteiger partial charge >= 0.3 is 0 Å². The number of fused-ring (bicyclic) bond motifs is 1. The number of aryl methyl sites for hydroxylation is 1. The number of ether oxygens (including phenoxy) is 1. The van der Waals surface area contributed by atoms with Crippen molar-refractivity contribution < 1.29 is 4.74 Å². The maximum atomic E-state index is 13.4. The van der Waals surface area contributed by atoms with Gasteiger partial charge in [0.15, 0.2) is 0 Å². The van der Waals surface area contributed by atoms with Crippen LogP contribution in [0.25, 0.3) is 10.9 Å². The van der Waals surface area contributed by atoms with Crippen LogP contribution >= 0.6 is 0 Å². The average Bonchev–Trinajstić information content (AvgIpc) is 2.80. The lowest BCUT2D eigenvalue weighted by Crippen LogP contribution is -2.25. The fourth-order valence-corrected chi connectivity index (χ4v) is 4.58. The summed E-state index contributed by atoms with van der Waals surface area (Å²) in [6.07, 6.45) is 7.52. The molecule has 0 amide bonds. The van der Waals surface area contributed by atoms with E-state index >= 15 is 0 Å². The summed E-state index contributed by atoms with van der Waals surface area (Å²) in [5, 5.41) is 5.32. The third-order valence-corrected chi connectivity index (χ3v) is 6.38. The summed E-state index contributed by atoms with van der Waals surface area (Å²) in [4.78, 5) is 18.3. The van der Waals surface area contributed by atoms with Crippen LogP contribution in [-0.4, -0.2) is 22.5 Å². The van der Waals surface area contributed by atoms with Gasteiger partial charge in [-0.3, -0.25) is 4.79 Å². The van der Waals surface area contributed by atoms with Crippen molar-refractivity contribution >= 4 is 17.1 Å². The molecule has 0 unspecified atom stereocenters.